The molecule has 0 atom stereocenters. The topological polar surface area (TPSA) is 59.3 Å². The minimum absolute atomic E-state index is 0. The number of rotatable bonds is 2. The maximum atomic E-state index is 11.3. The highest BCUT2D eigenvalue weighted by molar-refractivity contribution is 6.11. The quantitative estimate of drug-likeness (QED) is 0.410. The molecule has 6 heteroatoms. The predicted molar refractivity (Wildman–Crippen MR) is 87.5 cm³/mol. The molecular formula is C15H14ClN3O2. The Balaban J connectivity index is 0.00000161. The zero-order valence-electron chi connectivity index (χ0n) is 11.6. The van der Waals surface area contributed by atoms with E-state index >= 15 is 0 Å². The summed E-state index contributed by atoms with van der Waals surface area (Å²) in [5, 5.41) is 12.8. The van der Waals surface area contributed by atoms with E-state index < -0.39 is 0 Å². The molecule has 1 heterocycles. The largest absolute Gasteiger partial charge is 0.376 e. The molecule has 0 fully saturated rings. The number of aromatic nitrogens is 1. The average Bonchev–Trinajstić information content (AvgIpc) is 2.43. The van der Waals surface area contributed by atoms with E-state index in [0.717, 1.165) is 16.6 Å². The van der Waals surface area contributed by atoms with Gasteiger partial charge in [-0.25, -0.2) is 4.98 Å². The number of para-hydroxylation sites is 1. The van der Waals surface area contributed by atoms with Crippen molar-refractivity contribution in [3.05, 3.63) is 52.6 Å². The highest BCUT2D eigenvalue weighted by Crippen LogP contribution is 2.37. The van der Waals surface area contributed by atoms with E-state index in [2.05, 4.69) is 4.98 Å². The van der Waals surface area contributed by atoms with Crippen LogP contribution in [0.25, 0.3) is 21.8 Å². The summed E-state index contributed by atoms with van der Waals surface area (Å²) in [6.45, 7) is 0. The second-order valence-corrected chi connectivity index (χ2v) is 4.80. The predicted octanol–water partition coefficient (Wildman–Crippen LogP) is 3.78. The molecular weight excluding hydrogens is 290 g/mol. The van der Waals surface area contributed by atoms with Gasteiger partial charge in [0.1, 0.15) is 5.39 Å². The van der Waals surface area contributed by atoms with E-state index in [1.54, 1.807) is 6.07 Å². The Bertz CT molecular complexity index is 834. The number of hydrogen-bond donors (Lipinski definition) is 0. The van der Waals surface area contributed by atoms with Crippen molar-refractivity contribution < 1.29 is 4.92 Å². The molecule has 3 aromatic rings. The first-order valence-corrected chi connectivity index (χ1v) is 6.23. The van der Waals surface area contributed by atoms with Crippen molar-refractivity contribution in [2.75, 3.05) is 19.0 Å². The minimum Gasteiger partial charge on any atom is -0.376 e. The fourth-order valence-electron chi connectivity index (χ4n) is 2.52. The summed E-state index contributed by atoms with van der Waals surface area (Å²) < 4.78 is 0. The number of hydrogen-bond acceptors (Lipinski definition) is 4. The summed E-state index contributed by atoms with van der Waals surface area (Å²) in [5.41, 5.74) is 2.40. The van der Waals surface area contributed by atoms with Gasteiger partial charge in [0.05, 0.1) is 21.6 Å². The number of nitrogens with zero attached hydrogens (tertiary/aromatic N) is 3. The van der Waals surface area contributed by atoms with E-state index in [4.69, 9.17) is 0 Å². The van der Waals surface area contributed by atoms with E-state index in [9.17, 15) is 10.1 Å². The number of benzene rings is 2. The lowest BCUT2D eigenvalue weighted by Gasteiger charge is -2.18. The number of pyridine rings is 1. The molecule has 0 amide bonds. The molecule has 0 aliphatic heterocycles. The maximum Gasteiger partial charge on any atom is 0.280 e. The van der Waals surface area contributed by atoms with Crippen molar-refractivity contribution >= 4 is 45.6 Å². The Kier molecular flexibility index (Phi) is 3.95. The van der Waals surface area contributed by atoms with Gasteiger partial charge in [0, 0.05) is 25.5 Å². The molecule has 21 heavy (non-hydrogen) atoms. The summed E-state index contributed by atoms with van der Waals surface area (Å²) in [6.07, 6.45) is 0. The molecule has 0 saturated carbocycles. The zero-order valence-corrected chi connectivity index (χ0v) is 12.4. The van der Waals surface area contributed by atoms with Gasteiger partial charge in [0.2, 0.25) is 0 Å². The standard InChI is InChI=1S/C15H13N3O2.ClH/c1-17(2)15-10-6-3-4-7-11(10)16-12-8-5-9-13(14(12)15)18(19)20;/h3-9H,1-2H3;1H. The second-order valence-electron chi connectivity index (χ2n) is 4.80. The third-order valence-electron chi connectivity index (χ3n) is 3.30. The van der Waals surface area contributed by atoms with E-state index in [1.165, 1.54) is 6.07 Å². The highest BCUT2D eigenvalue weighted by atomic mass is 35.5. The first kappa shape index (κ1) is 15.0. The average molecular weight is 304 g/mol. The summed E-state index contributed by atoms with van der Waals surface area (Å²) in [7, 11) is 3.77. The molecule has 0 unspecified atom stereocenters. The molecule has 2 aromatic carbocycles. The molecule has 0 aliphatic carbocycles. The summed E-state index contributed by atoms with van der Waals surface area (Å²) in [4.78, 5) is 17.4. The van der Waals surface area contributed by atoms with Crippen LogP contribution >= 0.6 is 12.4 Å². The Morgan fingerprint density at radius 3 is 2.38 bits per heavy atom. The Morgan fingerprint density at radius 1 is 1.05 bits per heavy atom. The summed E-state index contributed by atoms with van der Waals surface area (Å²) in [5.74, 6) is 0. The van der Waals surface area contributed by atoms with Crippen LogP contribution in [-0.4, -0.2) is 24.0 Å². The molecule has 0 radical (unpaired) electrons. The Labute approximate surface area is 127 Å². The van der Waals surface area contributed by atoms with Crippen LogP contribution in [-0.2, 0) is 0 Å². The van der Waals surface area contributed by atoms with Crippen LogP contribution < -0.4 is 4.90 Å². The van der Waals surface area contributed by atoms with Gasteiger partial charge >= 0.3 is 0 Å². The van der Waals surface area contributed by atoms with Gasteiger partial charge in [-0.3, -0.25) is 10.1 Å². The summed E-state index contributed by atoms with van der Waals surface area (Å²) >= 11 is 0. The van der Waals surface area contributed by atoms with Crippen LogP contribution in [0.2, 0.25) is 0 Å². The molecule has 0 N–H and O–H groups in total. The lowest BCUT2D eigenvalue weighted by atomic mass is 10.1. The van der Waals surface area contributed by atoms with Crippen LogP contribution in [0.15, 0.2) is 42.5 Å². The molecule has 0 spiro atoms. The molecule has 0 aliphatic rings. The van der Waals surface area contributed by atoms with Crippen LogP contribution in [0.5, 0.6) is 0 Å². The molecule has 0 bridgehead atoms. The number of nitro groups is 1. The second kappa shape index (κ2) is 5.54. The van der Waals surface area contributed by atoms with Crippen LogP contribution in [0.1, 0.15) is 0 Å². The lowest BCUT2D eigenvalue weighted by molar-refractivity contribution is -0.383. The van der Waals surface area contributed by atoms with Crippen LogP contribution in [0.4, 0.5) is 11.4 Å². The molecule has 5 nitrogen and oxygen atoms in total. The Morgan fingerprint density at radius 2 is 1.71 bits per heavy atom. The number of nitro benzene ring substituents is 1. The Hall–Kier alpha value is -2.40. The van der Waals surface area contributed by atoms with E-state index in [0.29, 0.717) is 10.9 Å². The number of fused-ring (bicyclic) bond motifs is 2. The molecule has 3 rings (SSSR count). The normalized spacial score (nSPS) is 10.4. The van der Waals surface area contributed by atoms with Crippen molar-refractivity contribution in [3.8, 4) is 0 Å². The van der Waals surface area contributed by atoms with Gasteiger partial charge in [-0.15, -0.1) is 12.4 Å². The SMILES string of the molecule is CN(C)c1c2ccccc2nc2cccc([N+](=O)[O-])c12.Cl. The third-order valence-corrected chi connectivity index (χ3v) is 3.30. The smallest absolute Gasteiger partial charge is 0.280 e. The van der Waals surface area contributed by atoms with Crippen molar-refractivity contribution in [3.63, 3.8) is 0 Å². The van der Waals surface area contributed by atoms with Crippen molar-refractivity contribution in [2.24, 2.45) is 0 Å². The van der Waals surface area contributed by atoms with Crippen LogP contribution in [0.3, 0.4) is 0 Å². The van der Waals surface area contributed by atoms with E-state index in [1.807, 2.05) is 49.3 Å². The number of halogens is 1. The van der Waals surface area contributed by atoms with Crippen molar-refractivity contribution in [2.45, 2.75) is 0 Å². The third kappa shape index (κ3) is 2.36. The highest BCUT2D eigenvalue weighted by Gasteiger charge is 2.19. The zero-order chi connectivity index (χ0) is 14.3. The number of anilines is 1. The van der Waals surface area contributed by atoms with Gasteiger partial charge in [0.15, 0.2) is 0 Å². The first-order chi connectivity index (χ1) is 9.59. The van der Waals surface area contributed by atoms with Gasteiger partial charge in [0.25, 0.3) is 5.69 Å². The fraction of sp³-hybridized carbons (Fsp3) is 0.133. The van der Waals surface area contributed by atoms with Crippen molar-refractivity contribution in [1.29, 1.82) is 0 Å². The van der Waals surface area contributed by atoms with Gasteiger partial charge in [-0.2, -0.15) is 0 Å². The monoisotopic (exact) mass is 303 g/mol. The maximum absolute atomic E-state index is 11.3. The molecule has 1 aromatic heterocycles. The van der Waals surface area contributed by atoms with Crippen molar-refractivity contribution in [1.82, 2.24) is 4.98 Å². The molecule has 108 valence electrons. The fourth-order valence-corrected chi connectivity index (χ4v) is 2.52. The van der Waals surface area contributed by atoms with E-state index in [-0.39, 0.29) is 23.0 Å². The molecule has 0 saturated heterocycles. The van der Waals surface area contributed by atoms with Gasteiger partial charge in [-0.1, -0.05) is 24.3 Å². The van der Waals surface area contributed by atoms with Crippen LogP contribution in [0, 0.1) is 10.1 Å². The minimum atomic E-state index is -0.355. The number of non-ortho nitro benzene ring substituents is 1. The van der Waals surface area contributed by atoms with Gasteiger partial charge < -0.3 is 4.90 Å². The first-order valence-electron chi connectivity index (χ1n) is 6.23. The summed E-state index contributed by atoms with van der Waals surface area (Å²) in [6, 6.07) is 12.7. The lowest BCUT2D eigenvalue weighted by Crippen LogP contribution is -2.11. The van der Waals surface area contributed by atoms with Gasteiger partial charge in [-0.05, 0) is 12.1 Å².